The topological polar surface area (TPSA) is 37.3 Å². The van der Waals surface area contributed by atoms with Crippen LogP contribution >= 0.6 is 11.3 Å². The summed E-state index contributed by atoms with van der Waals surface area (Å²) in [5, 5.41) is 6.42. The van der Waals surface area contributed by atoms with Gasteiger partial charge >= 0.3 is 6.03 Å². The Morgan fingerprint density at radius 2 is 1.50 bits per heavy atom. The number of aromatic nitrogens is 1. The quantitative estimate of drug-likeness (QED) is 0.281. The fraction of sp³-hybridized carbons (Fsp3) is 0.138. The van der Waals surface area contributed by atoms with Crippen LogP contribution in [-0.4, -0.2) is 15.5 Å². The lowest BCUT2D eigenvalue weighted by molar-refractivity contribution is 0.192. The summed E-state index contributed by atoms with van der Waals surface area (Å²) < 4.78 is 2.25. The smallest absolute Gasteiger partial charge is 0.318 e. The average Bonchev–Trinajstić information content (AvgIpc) is 3.50. The van der Waals surface area contributed by atoms with Gasteiger partial charge in [0.2, 0.25) is 0 Å². The Morgan fingerprint density at radius 3 is 2.21 bits per heavy atom. The molecule has 0 spiro atoms. The Hall–Kier alpha value is -3.83. The maximum absolute atomic E-state index is 13.5. The third-order valence-corrected chi connectivity index (χ3v) is 6.98. The monoisotopic (exact) mass is 465 g/mol. The molecule has 34 heavy (non-hydrogen) atoms. The summed E-state index contributed by atoms with van der Waals surface area (Å²) in [6, 6.07) is 32.8. The van der Waals surface area contributed by atoms with Crippen molar-refractivity contribution < 1.29 is 4.79 Å². The number of nitrogens with one attached hydrogen (secondary N) is 1. The van der Waals surface area contributed by atoms with Gasteiger partial charge in [-0.1, -0.05) is 84.9 Å². The SMILES string of the molecule is Cn1c(-c2cccs2)c(CN(Cc2ccccc2)C(=O)NCc2ccccc2)c2ccccc21. The van der Waals surface area contributed by atoms with Crippen molar-refractivity contribution in [3.05, 3.63) is 119 Å². The third-order valence-electron chi connectivity index (χ3n) is 6.11. The summed E-state index contributed by atoms with van der Waals surface area (Å²) in [4.78, 5) is 16.6. The Bertz CT molecular complexity index is 1380. The first-order valence-electron chi connectivity index (χ1n) is 11.4. The first kappa shape index (κ1) is 22.0. The van der Waals surface area contributed by atoms with E-state index in [-0.39, 0.29) is 6.03 Å². The molecule has 2 amide bonds. The van der Waals surface area contributed by atoms with Crippen LogP contribution in [-0.2, 0) is 26.7 Å². The lowest BCUT2D eigenvalue weighted by Crippen LogP contribution is -2.38. The Balaban J connectivity index is 1.51. The van der Waals surface area contributed by atoms with E-state index in [9.17, 15) is 4.79 Å². The molecular formula is C29H27N3OS. The van der Waals surface area contributed by atoms with Gasteiger partial charge in [-0.15, -0.1) is 11.3 Å². The van der Waals surface area contributed by atoms with Gasteiger partial charge in [0.05, 0.1) is 17.1 Å². The average molecular weight is 466 g/mol. The van der Waals surface area contributed by atoms with Crippen molar-refractivity contribution in [2.24, 2.45) is 7.05 Å². The number of aryl methyl sites for hydroxylation is 1. The fourth-order valence-electron chi connectivity index (χ4n) is 4.44. The molecule has 0 aliphatic heterocycles. The number of fused-ring (bicyclic) bond motifs is 1. The van der Waals surface area contributed by atoms with Crippen molar-refractivity contribution in [2.75, 3.05) is 0 Å². The number of para-hydroxylation sites is 1. The second kappa shape index (κ2) is 9.98. The van der Waals surface area contributed by atoms with Gasteiger partial charge in [0, 0.05) is 36.6 Å². The number of hydrogen-bond acceptors (Lipinski definition) is 2. The highest BCUT2D eigenvalue weighted by Crippen LogP contribution is 2.36. The van der Waals surface area contributed by atoms with Gasteiger partial charge in [0.1, 0.15) is 0 Å². The van der Waals surface area contributed by atoms with E-state index in [4.69, 9.17) is 0 Å². The van der Waals surface area contributed by atoms with Gasteiger partial charge in [0.25, 0.3) is 0 Å². The van der Waals surface area contributed by atoms with Gasteiger partial charge in [-0.3, -0.25) is 0 Å². The Labute approximate surface area is 204 Å². The maximum atomic E-state index is 13.5. The van der Waals surface area contributed by atoms with Crippen LogP contribution < -0.4 is 5.32 Å². The van der Waals surface area contributed by atoms with Gasteiger partial charge in [-0.25, -0.2) is 4.79 Å². The number of rotatable bonds is 7. The molecule has 0 fully saturated rings. The standard InChI is InChI=1S/C29H27N3OS/c1-31-26-16-9-8-15-24(26)25(28(31)27-17-10-18-34-27)21-32(20-23-13-6-3-7-14-23)29(33)30-19-22-11-4-2-5-12-22/h2-18H,19-21H2,1H3,(H,30,33). The first-order valence-corrected chi connectivity index (χ1v) is 12.3. The van der Waals surface area contributed by atoms with Crippen LogP contribution in [0.5, 0.6) is 0 Å². The van der Waals surface area contributed by atoms with E-state index in [2.05, 4.69) is 70.8 Å². The second-order valence-corrected chi connectivity index (χ2v) is 9.31. The fourth-order valence-corrected chi connectivity index (χ4v) is 5.27. The molecule has 0 aliphatic carbocycles. The number of carbonyl (C=O) groups excluding carboxylic acids is 1. The number of amides is 2. The van der Waals surface area contributed by atoms with Crippen LogP contribution in [0, 0.1) is 0 Å². The molecule has 0 atom stereocenters. The van der Waals surface area contributed by atoms with Crippen molar-refractivity contribution in [1.82, 2.24) is 14.8 Å². The summed E-state index contributed by atoms with van der Waals surface area (Å²) in [7, 11) is 2.11. The minimum absolute atomic E-state index is 0.0715. The number of hydrogen-bond donors (Lipinski definition) is 1. The molecule has 2 heterocycles. The number of urea groups is 1. The number of benzene rings is 3. The summed E-state index contributed by atoms with van der Waals surface area (Å²) >= 11 is 1.73. The van der Waals surface area contributed by atoms with E-state index in [1.54, 1.807) is 11.3 Å². The highest BCUT2D eigenvalue weighted by molar-refractivity contribution is 7.13. The Kier molecular flexibility index (Phi) is 6.45. The molecule has 0 radical (unpaired) electrons. The largest absolute Gasteiger partial charge is 0.343 e. The van der Waals surface area contributed by atoms with Gasteiger partial charge in [-0.2, -0.15) is 0 Å². The van der Waals surface area contributed by atoms with Crippen molar-refractivity contribution in [3.8, 4) is 10.6 Å². The third kappa shape index (κ3) is 4.61. The summed E-state index contributed by atoms with van der Waals surface area (Å²) in [5.74, 6) is 0. The van der Waals surface area contributed by atoms with Crippen molar-refractivity contribution in [2.45, 2.75) is 19.6 Å². The van der Waals surface area contributed by atoms with Gasteiger partial charge < -0.3 is 14.8 Å². The summed E-state index contributed by atoms with van der Waals surface area (Å²) in [6.07, 6.45) is 0. The number of carbonyl (C=O) groups is 1. The number of nitrogens with zero attached hydrogens (tertiary/aromatic N) is 2. The summed E-state index contributed by atoms with van der Waals surface area (Å²) in [6.45, 7) is 1.55. The normalized spacial score (nSPS) is 11.0. The molecule has 0 aliphatic rings. The zero-order valence-electron chi connectivity index (χ0n) is 19.1. The molecule has 5 aromatic rings. The molecule has 2 aromatic heterocycles. The van der Waals surface area contributed by atoms with Gasteiger partial charge in [-0.05, 0) is 28.6 Å². The predicted octanol–water partition coefficient (Wildman–Crippen LogP) is 6.82. The van der Waals surface area contributed by atoms with Crippen molar-refractivity contribution in [3.63, 3.8) is 0 Å². The van der Waals surface area contributed by atoms with Crippen molar-refractivity contribution in [1.29, 1.82) is 0 Å². The van der Waals surface area contributed by atoms with Crippen LogP contribution in [0.4, 0.5) is 4.79 Å². The zero-order chi connectivity index (χ0) is 23.3. The van der Waals surface area contributed by atoms with E-state index in [1.807, 2.05) is 53.4 Å². The zero-order valence-corrected chi connectivity index (χ0v) is 20.0. The minimum Gasteiger partial charge on any atom is -0.343 e. The molecule has 0 bridgehead atoms. The Morgan fingerprint density at radius 1 is 0.824 bits per heavy atom. The molecule has 0 saturated heterocycles. The minimum atomic E-state index is -0.0715. The molecule has 0 saturated carbocycles. The lowest BCUT2D eigenvalue weighted by Gasteiger charge is -2.24. The lowest BCUT2D eigenvalue weighted by atomic mass is 10.1. The first-order chi connectivity index (χ1) is 16.7. The van der Waals surface area contributed by atoms with E-state index in [0.29, 0.717) is 19.6 Å². The molecule has 3 aromatic carbocycles. The highest BCUT2D eigenvalue weighted by atomic mass is 32.1. The molecule has 5 heteroatoms. The van der Waals surface area contributed by atoms with E-state index < -0.39 is 0 Å². The molecular weight excluding hydrogens is 438 g/mol. The van der Waals surface area contributed by atoms with E-state index in [0.717, 1.165) is 11.1 Å². The van der Waals surface area contributed by atoms with Crippen LogP contribution in [0.1, 0.15) is 16.7 Å². The van der Waals surface area contributed by atoms with Gasteiger partial charge in [0.15, 0.2) is 0 Å². The van der Waals surface area contributed by atoms with Crippen LogP contribution in [0.15, 0.2) is 102 Å². The van der Waals surface area contributed by atoms with Crippen LogP contribution in [0.3, 0.4) is 0 Å². The molecule has 0 unspecified atom stereocenters. The number of thiophene rings is 1. The molecule has 4 nitrogen and oxygen atoms in total. The second-order valence-electron chi connectivity index (χ2n) is 8.37. The van der Waals surface area contributed by atoms with E-state index >= 15 is 0 Å². The molecule has 170 valence electrons. The van der Waals surface area contributed by atoms with Crippen LogP contribution in [0.2, 0.25) is 0 Å². The maximum Gasteiger partial charge on any atom is 0.318 e. The predicted molar refractivity (Wildman–Crippen MR) is 141 cm³/mol. The highest BCUT2D eigenvalue weighted by Gasteiger charge is 2.22. The van der Waals surface area contributed by atoms with E-state index in [1.165, 1.54) is 27.0 Å². The van der Waals surface area contributed by atoms with Crippen molar-refractivity contribution >= 4 is 28.3 Å². The van der Waals surface area contributed by atoms with Crippen LogP contribution in [0.25, 0.3) is 21.5 Å². The summed E-state index contributed by atoms with van der Waals surface area (Å²) in [5.41, 5.74) is 5.71. The molecule has 5 rings (SSSR count). The molecule has 1 N–H and O–H groups in total.